The van der Waals surface area contributed by atoms with E-state index in [2.05, 4.69) is 6.92 Å². The van der Waals surface area contributed by atoms with Gasteiger partial charge in [-0.2, -0.15) is 0 Å². The van der Waals surface area contributed by atoms with Gasteiger partial charge in [0.1, 0.15) is 6.54 Å². The van der Waals surface area contributed by atoms with E-state index in [1.54, 1.807) is 24.3 Å². The van der Waals surface area contributed by atoms with Crippen LogP contribution < -0.4 is 4.90 Å². The standard InChI is InChI=1S/C18H24N2O3/c1-13-8-10-19(11-9-13)18(23)12-20(15(3)22)17-6-4-16(5-7-17)14(2)21/h4-7,13H,8-12H2,1-3H3. The molecule has 0 N–H and O–H groups in total. The topological polar surface area (TPSA) is 57.7 Å². The molecule has 1 aliphatic heterocycles. The van der Waals surface area contributed by atoms with E-state index in [0.29, 0.717) is 17.2 Å². The van der Waals surface area contributed by atoms with Gasteiger partial charge in [-0.3, -0.25) is 14.4 Å². The molecule has 0 bridgehead atoms. The fourth-order valence-corrected chi connectivity index (χ4v) is 2.75. The summed E-state index contributed by atoms with van der Waals surface area (Å²) >= 11 is 0. The number of carbonyl (C=O) groups is 3. The second kappa shape index (κ2) is 7.40. The Balaban J connectivity index is 2.08. The minimum Gasteiger partial charge on any atom is -0.341 e. The fourth-order valence-electron chi connectivity index (χ4n) is 2.75. The summed E-state index contributed by atoms with van der Waals surface area (Å²) in [6.45, 7) is 6.70. The van der Waals surface area contributed by atoms with Gasteiger partial charge in [-0.15, -0.1) is 0 Å². The summed E-state index contributed by atoms with van der Waals surface area (Å²) in [5.74, 6) is 0.425. The summed E-state index contributed by atoms with van der Waals surface area (Å²) in [6, 6.07) is 6.79. The van der Waals surface area contributed by atoms with Gasteiger partial charge in [0.15, 0.2) is 5.78 Å². The molecule has 1 fully saturated rings. The summed E-state index contributed by atoms with van der Waals surface area (Å²) < 4.78 is 0. The average Bonchev–Trinajstić information content (AvgIpc) is 2.53. The third-order valence-corrected chi connectivity index (χ3v) is 4.40. The Morgan fingerprint density at radius 1 is 1.09 bits per heavy atom. The number of rotatable bonds is 4. The molecule has 1 saturated heterocycles. The van der Waals surface area contributed by atoms with Gasteiger partial charge in [0.05, 0.1) is 0 Å². The molecule has 5 heteroatoms. The van der Waals surface area contributed by atoms with E-state index < -0.39 is 0 Å². The maximum atomic E-state index is 12.4. The number of piperidine rings is 1. The average molecular weight is 316 g/mol. The monoisotopic (exact) mass is 316 g/mol. The predicted octanol–water partition coefficient (Wildman–Crippen LogP) is 2.50. The lowest BCUT2D eigenvalue weighted by atomic mass is 9.99. The zero-order valence-electron chi connectivity index (χ0n) is 14.0. The Morgan fingerprint density at radius 2 is 1.65 bits per heavy atom. The lowest BCUT2D eigenvalue weighted by Gasteiger charge is -2.32. The maximum absolute atomic E-state index is 12.4. The molecule has 1 heterocycles. The third kappa shape index (κ3) is 4.41. The quantitative estimate of drug-likeness (QED) is 0.802. The number of anilines is 1. The van der Waals surface area contributed by atoms with Crippen molar-refractivity contribution in [2.75, 3.05) is 24.5 Å². The minimum atomic E-state index is -0.181. The lowest BCUT2D eigenvalue weighted by Crippen LogP contribution is -2.45. The van der Waals surface area contributed by atoms with Crippen molar-refractivity contribution in [3.8, 4) is 0 Å². The number of Topliss-reactive ketones (excluding diaryl/α,β-unsaturated/α-hetero) is 1. The van der Waals surface area contributed by atoms with Gasteiger partial charge in [-0.05, 0) is 49.9 Å². The van der Waals surface area contributed by atoms with Crippen molar-refractivity contribution >= 4 is 23.3 Å². The zero-order chi connectivity index (χ0) is 17.0. The van der Waals surface area contributed by atoms with Crippen LogP contribution in [0.25, 0.3) is 0 Å². The summed E-state index contributed by atoms with van der Waals surface area (Å²) in [6.07, 6.45) is 2.03. The minimum absolute atomic E-state index is 0.0237. The molecule has 0 spiro atoms. The van der Waals surface area contributed by atoms with Gasteiger partial charge in [-0.25, -0.2) is 0 Å². The molecule has 0 aliphatic carbocycles. The lowest BCUT2D eigenvalue weighted by molar-refractivity contribution is -0.132. The molecule has 2 amide bonds. The van der Waals surface area contributed by atoms with Crippen LogP contribution in [0.4, 0.5) is 5.69 Å². The molecular formula is C18H24N2O3. The maximum Gasteiger partial charge on any atom is 0.242 e. The fraction of sp³-hybridized carbons (Fsp3) is 0.500. The smallest absolute Gasteiger partial charge is 0.242 e. The van der Waals surface area contributed by atoms with Crippen LogP contribution in [0.5, 0.6) is 0 Å². The van der Waals surface area contributed by atoms with Crippen molar-refractivity contribution in [1.82, 2.24) is 4.90 Å². The first-order chi connectivity index (χ1) is 10.9. The SMILES string of the molecule is CC(=O)c1ccc(N(CC(=O)N2CCC(C)CC2)C(C)=O)cc1. The number of carbonyl (C=O) groups excluding carboxylic acids is 3. The first kappa shape index (κ1) is 17.2. The van der Waals surface area contributed by atoms with Crippen molar-refractivity contribution in [1.29, 1.82) is 0 Å². The number of likely N-dealkylation sites (tertiary alicyclic amines) is 1. The van der Waals surface area contributed by atoms with E-state index in [4.69, 9.17) is 0 Å². The number of hydrogen-bond donors (Lipinski definition) is 0. The largest absolute Gasteiger partial charge is 0.341 e. The first-order valence-corrected chi connectivity index (χ1v) is 8.05. The molecule has 2 rings (SSSR count). The molecule has 0 saturated carbocycles. The van der Waals surface area contributed by atoms with E-state index in [1.165, 1.54) is 18.7 Å². The number of amides is 2. The molecule has 0 atom stereocenters. The summed E-state index contributed by atoms with van der Waals surface area (Å²) in [4.78, 5) is 39.0. The normalized spacial score (nSPS) is 15.3. The third-order valence-electron chi connectivity index (χ3n) is 4.40. The Bertz CT molecular complexity index is 587. The molecule has 23 heavy (non-hydrogen) atoms. The number of benzene rings is 1. The van der Waals surface area contributed by atoms with Gasteiger partial charge in [0, 0.05) is 31.3 Å². The van der Waals surface area contributed by atoms with Crippen molar-refractivity contribution < 1.29 is 14.4 Å². The summed E-state index contributed by atoms with van der Waals surface area (Å²) in [5.41, 5.74) is 1.23. The van der Waals surface area contributed by atoms with Gasteiger partial charge in [0.2, 0.25) is 11.8 Å². The van der Waals surface area contributed by atoms with Crippen LogP contribution in [0, 0.1) is 5.92 Å². The Hall–Kier alpha value is -2.17. The van der Waals surface area contributed by atoms with E-state index >= 15 is 0 Å². The van der Waals surface area contributed by atoms with Crippen molar-refractivity contribution in [2.24, 2.45) is 5.92 Å². The molecule has 0 aromatic heterocycles. The van der Waals surface area contributed by atoms with Crippen molar-refractivity contribution in [2.45, 2.75) is 33.6 Å². The Labute approximate surface area is 137 Å². The number of ketones is 1. The van der Waals surface area contributed by atoms with Crippen molar-refractivity contribution in [3.05, 3.63) is 29.8 Å². The highest BCUT2D eigenvalue weighted by Crippen LogP contribution is 2.19. The Kier molecular flexibility index (Phi) is 5.53. The molecule has 1 aromatic rings. The van der Waals surface area contributed by atoms with Crippen LogP contribution in [-0.4, -0.2) is 42.1 Å². The number of nitrogens with zero attached hydrogens (tertiary/aromatic N) is 2. The second-order valence-electron chi connectivity index (χ2n) is 6.27. The summed E-state index contributed by atoms with van der Waals surface area (Å²) in [7, 11) is 0. The van der Waals surface area contributed by atoms with E-state index in [9.17, 15) is 14.4 Å². The van der Waals surface area contributed by atoms with Crippen LogP contribution in [0.2, 0.25) is 0 Å². The molecule has 0 unspecified atom stereocenters. The molecular weight excluding hydrogens is 292 g/mol. The molecule has 0 radical (unpaired) electrons. The van der Waals surface area contributed by atoms with E-state index in [-0.39, 0.29) is 24.1 Å². The van der Waals surface area contributed by atoms with Crippen molar-refractivity contribution in [3.63, 3.8) is 0 Å². The molecule has 1 aromatic carbocycles. The highest BCUT2D eigenvalue weighted by molar-refractivity contribution is 5.98. The second-order valence-corrected chi connectivity index (χ2v) is 6.27. The van der Waals surface area contributed by atoms with E-state index in [0.717, 1.165) is 25.9 Å². The molecule has 1 aliphatic rings. The molecule has 5 nitrogen and oxygen atoms in total. The molecule has 124 valence electrons. The van der Waals surface area contributed by atoms with Gasteiger partial charge in [-0.1, -0.05) is 6.92 Å². The highest BCUT2D eigenvalue weighted by Gasteiger charge is 2.23. The van der Waals surface area contributed by atoms with Gasteiger partial charge in [0.25, 0.3) is 0 Å². The van der Waals surface area contributed by atoms with Crippen LogP contribution >= 0.6 is 0 Å². The number of hydrogen-bond acceptors (Lipinski definition) is 3. The van der Waals surface area contributed by atoms with Gasteiger partial charge >= 0.3 is 0 Å². The van der Waals surface area contributed by atoms with Crippen LogP contribution in [0.15, 0.2) is 24.3 Å². The van der Waals surface area contributed by atoms with Crippen LogP contribution in [0.3, 0.4) is 0 Å². The first-order valence-electron chi connectivity index (χ1n) is 8.05. The predicted molar refractivity (Wildman–Crippen MR) is 89.5 cm³/mol. The van der Waals surface area contributed by atoms with Crippen LogP contribution in [-0.2, 0) is 9.59 Å². The van der Waals surface area contributed by atoms with Crippen LogP contribution in [0.1, 0.15) is 44.0 Å². The summed E-state index contributed by atoms with van der Waals surface area (Å²) in [5, 5.41) is 0. The van der Waals surface area contributed by atoms with Gasteiger partial charge < -0.3 is 9.80 Å². The Morgan fingerprint density at radius 3 is 2.13 bits per heavy atom. The van der Waals surface area contributed by atoms with E-state index in [1.807, 2.05) is 4.90 Å². The zero-order valence-corrected chi connectivity index (χ0v) is 14.0. The highest BCUT2D eigenvalue weighted by atomic mass is 16.2.